The average Bonchev–Trinajstić information content (AvgIpc) is 3.23. The molecule has 3 heterocycles. The van der Waals surface area contributed by atoms with Gasteiger partial charge in [-0.3, -0.25) is 9.59 Å². The summed E-state index contributed by atoms with van der Waals surface area (Å²) in [5, 5.41) is 8.14. The fourth-order valence-corrected chi connectivity index (χ4v) is 4.95. The minimum absolute atomic E-state index is 0.0595. The van der Waals surface area contributed by atoms with Crippen LogP contribution >= 0.6 is 11.6 Å². The van der Waals surface area contributed by atoms with Crippen molar-refractivity contribution in [3.8, 4) is 0 Å². The van der Waals surface area contributed by atoms with E-state index in [1.807, 2.05) is 53.4 Å². The molecule has 3 aromatic rings. The number of nitrogens with one attached hydrogen (secondary N) is 1. The molecule has 6 nitrogen and oxygen atoms in total. The molecule has 1 aromatic heterocycles. The van der Waals surface area contributed by atoms with Gasteiger partial charge in [-0.05, 0) is 29.2 Å². The Bertz CT molecular complexity index is 1200. The molecule has 1 spiro atoms. The normalized spacial score (nSPS) is 19.7. The first-order valence-corrected chi connectivity index (χ1v) is 10.8. The van der Waals surface area contributed by atoms with Crippen LogP contribution in [0.2, 0.25) is 5.02 Å². The zero-order valence-corrected chi connectivity index (χ0v) is 18.2. The van der Waals surface area contributed by atoms with Crippen LogP contribution in [0.5, 0.6) is 0 Å². The summed E-state index contributed by atoms with van der Waals surface area (Å²) in [6.07, 6.45) is 1.79. The second-order valence-corrected chi connectivity index (χ2v) is 9.02. The molecule has 2 amide bonds. The first kappa shape index (κ1) is 19.8. The number of hydrogen-bond donors (Lipinski definition) is 1. The quantitative estimate of drug-likeness (QED) is 0.668. The Balaban J connectivity index is 1.66. The van der Waals surface area contributed by atoms with E-state index in [1.54, 1.807) is 10.9 Å². The third-order valence-corrected chi connectivity index (χ3v) is 6.44. The summed E-state index contributed by atoms with van der Waals surface area (Å²) in [7, 11) is 0. The summed E-state index contributed by atoms with van der Waals surface area (Å²) >= 11 is 6.34. The molecule has 2 aromatic carbocycles. The second kappa shape index (κ2) is 7.24. The zero-order chi connectivity index (χ0) is 21.8. The van der Waals surface area contributed by atoms with E-state index in [0.717, 1.165) is 22.4 Å². The van der Waals surface area contributed by atoms with Crippen LogP contribution in [0.4, 0.5) is 11.5 Å². The van der Waals surface area contributed by atoms with Crippen molar-refractivity contribution in [2.24, 2.45) is 5.92 Å². The Morgan fingerprint density at radius 1 is 1.10 bits per heavy atom. The number of hydrogen-bond acceptors (Lipinski definition) is 3. The van der Waals surface area contributed by atoms with Crippen molar-refractivity contribution in [3.05, 3.63) is 76.4 Å². The first-order chi connectivity index (χ1) is 14.9. The number of amides is 2. The number of halogens is 1. The van der Waals surface area contributed by atoms with Crippen molar-refractivity contribution in [2.75, 3.05) is 16.8 Å². The average molecular weight is 435 g/mol. The largest absolute Gasteiger partial charge is 0.311 e. The fraction of sp³-hybridized carbons (Fsp3) is 0.292. The predicted molar refractivity (Wildman–Crippen MR) is 120 cm³/mol. The van der Waals surface area contributed by atoms with Crippen molar-refractivity contribution in [1.29, 1.82) is 0 Å². The van der Waals surface area contributed by atoms with Gasteiger partial charge in [0.15, 0.2) is 0 Å². The third kappa shape index (κ3) is 2.97. The molecule has 7 heteroatoms. The summed E-state index contributed by atoms with van der Waals surface area (Å²) in [5.41, 5.74) is 2.32. The van der Waals surface area contributed by atoms with E-state index < -0.39 is 5.41 Å². The Kier molecular flexibility index (Phi) is 4.63. The Morgan fingerprint density at radius 2 is 1.84 bits per heavy atom. The molecule has 158 valence electrons. The molecule has 1 atom stereocenters. The van der Waals surface area contributed by atoms with Gasteiger partial charge in [0.25, 0.3) is 0 Å². The Hall–Kier alpha value is -3.12. The number of para-hydroxylation sites is 1. The number of rotatable bonds is 4. The number of nitrogens with zero attached hydrogens (tertiary/aromatic N) is 3. The molecule has 31 heavy (non-hydrogen) atoms. The molecular formula is C24H23ClN4O2. The molecule has 2 aliphatic rings. The minimum Gasteiger partial charge on any atom is -0.311 e. The predicted octanol–water partition coefficient (Wildman–Crippen LogP) is 4.22. The van der Waals surface area contributed by atoms with E-state index >= 15 is 0 Å². The van der Waals surface area contributed by atoms with Gasteiger partial charge in [-0.25, -0.2) is 4.68 Å². The number of carbonyl (C=O) groups excluding carboxylic acids is 2. The van der Waals surface area contributed by atoms with E-state index in [9.17, 15) is 9.59 Å². The Morgan fingerprint density at radius 3 is 2.61 bits per heavy atom. The van der Waals surface area contributed by atoms with Crippen LogP contribution in [0.25, 0.3) is 0 Å². The van der Waals surface area contributed by atoms with Gasteiger partial charge in [0.05, 0.1) is 12.7 Å². The second-order valence-electron chi connectivity index (χ2n) is 8.61. The minimum atomic E-state index is -1.05. The lowest BCUT2D eigenvalue weighted by Crippen LogP contribution is -2.47. The van der Waals surface area contributed by atoms with Gasteiger partial charge in [-0.15, -0.1) is 0 Å². The molecule has 0 saturated heterocycles. The molecule has 0 fully saturated rings. The van der Waals surface area contributed by atoms with Crippen LogP contribution in [0.1, 0.15) is 37.0 Å². The lowest BCUT2D eigenvalue weighted by Gasteiger charge is -2.32. The van der Waals surface area contributed by atoms with Crippen molar-refractivity contribution in [1.82, 2.24) is 9.78 Å². The van der Waals surface area contributed by atoms with E-state index in [-0.39, 0.29) is 18.2 Å². The lowest BCUT2D eigenvalue weighted by atomic mass is 9.72. The van der Waals surface area contributed by atoms with Gasteiger partial charge in [-0.1, -0.05) is 61.8 Å². The summed E-state index contributed by atoms with van der Waals surface area (Å²) < 4.78 is 1.72. The van der Waals surface area contributed by atoms with Gasteiger partial charge in [0.2, 0.25) is 11.8 Å². The topological polar surface area (TPSA) is 67.2 Å². The van der Waals surface area contributed by atoms with Gasteiger partial charge >= 0.3 is 0 Å². The van der Waals surface area contributed by atoms with Crippen LogP contribution in [-0.2, 0) is 21.5 Å². The van der Waals surface area contributed by atoms with E-state index in [2.05, 4.69) is 24.3 Å². The number of fused-ring (bicyclic) bond motifs is 4. The number of carbonyl (C=O) groups is 2. The fourth-order valence-electron chi connectivity index (χ4n) is 4.75. The maximum absolute atomic E-state index is 13.9. The van der Waals surface area contributed by atoms with Crippen LogP contribution in [0, 0.1) is 5.92 Å². The third-order valence-electron chi connectivity index (χ3n) is 6.07. The van der Waals surface area contributed by atoms with Crippen molar-refractivity contribution in [3.63, 3.8) is 0 Å². The standard InChI is InChI=1S/C24H23ClN4O2/c1-15(2)13-28-20-10-6-4-8-17(20)24(23(28)31)11-21(30)27-22-18(24)12-26-29(22)14-16-7-3-5-9-19(16)25/h3-10,12,15H,11,13-14H2,1-2H3,(H,27,30)/t24-/m0/s1. The van der Waals surface area contributed by atoms with Crippen LogP contribution < -0.4 is 10.2 Å². The highest BCUT2D eigenvalue weighted by Crippen LogP contribution is 2.52. The van der Waals surface area contributed by atoms with E-state index in [0.29, 0.717) is 29.8 Å². The summed E-state index contributed by atoms with van der Waals surface area (Å²) in [6.45, 7) is 5.17. The van der Waals surface area contributed by atoms with Gasteiger partial charge in [0, 0.05) is 29.2 Å². The molecule has 0 aliphatic carbocycles. The highest BCUT2D eigenvalue weighted by Gasteiger charge is 2.57. The summed E-state index contributed by atoms with van der Waals surface area (Å²) in [5.74, 6) is 0.608. The number of aromatic nitrogens is 2. The number of benzene rings is 2. The van der Waals surface area contributed by atoms with Crippen LogP contribution in [-0.4, -0.2) is 28.1 Å². The molecule has 1 N–H and O–H groups in total. The zero-order valence-electron chi connectivity index (χ0n) is 17.4. The molecule has 0 bridgehead atoms. The SMILES string of the molecule is CC(C)CN1C(=O)[C@@]2(CC(=O)Nc3c2cnn3Cc2ccccc2Cl)c2ccccc21. The van der Waals surface area contributed by atoms with Crippen molar-refractivity contribution >= 4 is 34.9 Å². The maximum atomic E-state index is 13.9. The Labute approximate surface area is 185 Å². The molecular weight excluding hydrogens is 412 g/mol. The van der Waals surface area contributed by atoms with Gasteiger partial charge in [0.1, 0.15) is 11.2 Å². The maximum Gasteiger partial charge on any atom is 0.242 e. The lowest BCUT2D eigenvalue weighted by molar-refractivity contribution is -0.126. The van der Waals surface area contributed by atoms with Crippen LogP contribution in [0.15, 0.2) is 54.7 Å². The highest BCUT2D eigenvalue weighted by atomic mass is 35.5. The summed E-state index contributed by atoms with van der Waals surface area (Å²) in [4.78, 5) is 28.6. The highest BCUT2D eigenvalue weighted by molar-refractivity contribution is 6.31. The van der Waals surface area contributed by atoms with Gasteiger partial charge < -0.3 is 10.2 Å². The monoisotopic (exact) mass is 434 g/mol. The van der Waals surface area contributed by atoms with Crippen LogP contribution in [0.3, 0.4) is 0 Å². The molecule has 0 radical (unpaired) electrons. The van der Waals surface area contributed by atoms with E-state index in [1.165, 1.54) is 0 Å². The number of anilines is 2. The molecule has 2 aliphatic heterocycles. The van der Waals surface area contributed by atoms with E-state index in [4.69, 9.17) is 11.6 Å². The van der Waals surface area contributed by atoms with Crippen molar-refractivity contribution in [2.45, 2.75) is 32.2 Å². The molecule has 0 saturated carbocycles. The molecule has 0 unspecified atom stereocenters. The molecule has 5 rings (SSSR count). The first-order valence-electron chi connectivity index (χ1n) is 10.4. The smallest absolute Gasteiger partial charge is 0.242 e. The van der Waals surface area contributed by atoms with Gasteiger partial charge in [-0.2, -0.15) is 5.10 Å². The summed E-state index contributed by atoms with van der Waals surface area (Å²) in [6, 6.07) is 15.3. The van der Waals surface area contributed by atoms with Crippen molar-refractivity contribution < 1.29 is 9.59 Å².